The zero-order valence-corrected chi connectivity index (χ0v) is 16.7. The summed E-state index contributed by atoms with van der Waals surface area (Å²) in [6, 6.07) is 6.02. The second kappa shape index (κ2) is 7.23. The first-order valence-corrected chi connectivity index (χ1v) is 9.88. The van der Waals surface area contributed by atoms with Crippen molar-refractivity contribution in [3.8, 4) is 0 Å². The van der Waals surface area contributed by atoms with E-state index in [1.165, 1.54) is 16.9 Å². The number of hydrogen-bond donors (Lipinski definition) is 1. The molecule has 132 valence electrons. The third kappa shape index (κ3) is 3.70. The second-order valence-corrected chi connectivity index (χ2v) is 9.01. The Bertz CT molecular complexity index is 936. The number of halogens is 3. The number of rotatable bonds is 4. The van der Waals surface area contributed by atoms with E-state index in [1.54, 1.807) is 5.51 Å². The first-order chi connectivity index (χ1) is 11.8. The fourth-order valence-corrected chi connectivity index (χ4v) is 3.93. The van der Waals surface area contributed by atoms with Gasteiger partial charge in [0.15, 0.2) is 5.82 Å². The SMILES string of the molecule is CCCC(C)c1cccc2nc(NC(=O)C(Cl)(Cl)Cl)c3ncsc3c12. The Hall–Kier alpha value is -1.14. The van der Waals surface area contributed by atoms with Crippen molar-refractivity contribution in [2.75, 3.05) is 5.32 Å². The maximum atomic E-state index is 12.0. The number of hydrogen-bond acceptors (Lipinski definition) is 4. The molecule has 0 fully saturated rings. The lowest BCUT2D eigenvalue weighted by molar-refractivity contribution is -0.115. The quantitative estimate of drug-likeness (QED) is 0.526. The highest BCUT2D eigenvalue weighted by atomic mass is 35.6. The highest BCUT2D eigenvalue weighted by Crippen LogP contribution is 2.38. The summed E-state index contributed by atoms with van der Waals surface area (Å²) in [6.45, 7) is 4.39. The smallest absolute Gasteiger partial charge is 0.277 e. The van der Waals surface area contributed by atoms with Crippen LogP contribution >= 0.6 is 46.1 Å². The van der Waals surface area contributed by atoms with Gasteiger partial charge < -0.3 is 5.32 Å². The van der Waals surface area contributed by atoms with Gasteiger partial charge in [0.2, 0.25) is 0 Å². The molecular weight excluding hydrogens is 401 g/mol. The number of pyridine rings is 1. The van der Waals surface area contributed by atoms with Crippen molar-refractivity contribution >= 4 is 79.0 Å². The zero-order chi connectivity index (χ0) is 18.2. The zero-order valence-electron chi connectivity index (χ0n) is 13.6. The van der Waals surface area contributed by atoms with Crippen LogP contribution in [0.2, 0.25) is 0 Å². The molecule has 8 heteroatoms. The molecule has 0 spiro atoms. The summed E-state index contributed by atoms with van der Waals surface area (Å²) >= 11 is 18.5. The first-order valence-electron chi connectivity index (χ1n) is 7.87. The van der Waals surface area contributed by atoms with Crippen molar-refractivity contribution in [2.45, 2.75) is 36.4 Å². The molecule has 3 rings (SSSR count). The topological polar surface area (TPSA) is 54.9 Å². The van der Waals surface area contributed by atoms with Crippen LogP contribution in [0, 0.1) is 0 Å². The Morgan fingerprint density at radius 3 is 2.80 bits per heavy atom. The molecule has 0 bridgehead atoms. The molecule has 1 unspecified atom stereocenters. The Morgan fingerprint density at radius 1 is 1.36 bits per heavy atom. The van der Waals surface area contributed by atoms with Gasteiger partial charge >= 0.3 is 0 Å². The summed E-state index contributed by atoms with van der Waals surface area (Å²) in [4.78, 5) is 21.0. The van der Waals surface area contributed by atoms with E-state index < -0.39 is 9.70 Å². The summed E-state index contributed by atoms with van der Waals surface area (Å²) in [6.07, 6.45) is 2.19. The Balaban J connectivity index is 2.19. The van der Waals surface area contributed by atoms with E-state index in [0.717, 1.165) is 28.4 Å². The van der Waals surface area contributed by atoms with Crippen LogP contribution in [0.5, 0.6) is 0 Å². The van der Waals surface area contributed by atoms with Crippen molar-refractivity contribution in [3.05, 3.63) is 29.3 Å². The van der Waals surface area contributed by atoms with Crippen LogP contribution in [0.15, 0.2) is 23.7 Å². The van der Waals surface area contributed by atoms with Gasteiger partial charge in [0, 0.05) is 5.39 Å². The number of anilines is 1. The Morgan fingerprint density at radius 2 is 2.12 bits per heavy atom. The van der Waals surface area contributed by atoms with E-state index in [-0.39, 0.29) is 0 Å². The third-order valence-corrected chi connectivity index (χ3v) is 5.43. The molecule has 3 aromatic rings. The number of thiazole rings is 1. The van der Waals surface area contributed by atoms with E-state index in [2.05, 4.69) is 35.2 Å². The maximum absolute atomic E-state index is 12.0. The van der Waals surface area contributed by atoms with E-state index in [9.17, 15) is 4.79 Å². The average molecular weight is 417 g/mol. The highest BCUT2D eigenvalue weighted by Gasteiger charge is 2.31. The number of aromatic nitrogens is 2. The van der Waals surface area contributed by atoms with Gasteiger partial charge in [-0.1, -0.05) is 67.2 Å². The number of alkyl halides is 3. The minimum Gasteiger partial charge on any atom is -0.305 e. The lowest BCUT2D eigenvalue weighted by Gasteiger charge is -2.16. The Labute approximate surface area is 164 Å². The van der Waals surface area contributed by atoms with Gasteiger partial charge in [0.05, 0.1) is 15.7 Å². The van der Waals surface area contributed by atoms with Crippen molar-refractivity contribution in [1.82, 2.24) is 9.97 Å². The summed E-state index contributed by atoms with van der Waals surface area (Å²) in [5, 5.41) is 3.65. The van der Waals surface area contributed by atoms with Crippen molar-refractivity contribution in [2.24, 2.45) is 0 Å². The largest absolute Gasteiger partial charge is 0.305 e. The number of carbonyl (C=O) groups excluding carboxylic acids is 1. The molecule has 2 aromatic heterocycles. The van der Waals surface area contributed by atoms with E-state index >= 15 is 0 Å². The van der Waals surface area contributed by atoms with E-state index in [0.29, 0.717) is 17.3 Å². The summed E-state index contributed by atoms with van der Waals surface area (Å²) < 4.78 is -1.08. The second-order valence-electron chi connectivity index (χ2n) is 5.87. The fourth-order valence-electron chi connectivity index (χ4n) is 2.93. The number of carbonyl (C=O) groups is 1. The molecule has 25 heavy (non-hydrogen) atoms. The standard InChI is InChI=1S/C17H16Cl3N3OS/c1-3-5-9(2)10-6-4-7-11-12(10)14-13(21-8-25-14)15(22-11)23-16(24)17(18,19)20/h4,6-9H,3,5H2,1-2H3,(H,22,23,24). The Kier molecular flexibility index (Phi) is 5.40. The average Bonchev–Trinajstić information content (AvgIpc) is 3.03. The van der Waals surface area contributed by atoms with Gasteiger partial charge in [-0.3, -0.25) is 4.79 Å². The fraction of sp³-hybridized carbons (Fsp3) is 0.353. The van der Waals surface area contributed by atoms with E-state index in [4.69, 9.17) is 34.8 Å². The molecule has 0 radical (unpaired) electrons. The molecule has 0 saturated heterocycles. The predicted octanol–water partition coefficient (Wildman–Crippen LogP) is 6.06. The van der Waals surface area contributed by atoms with E-state index in [1.807, 2.05) is 12.1 Å². The molecule has 1 atom stereocenters. The molecule has 1 amide bonds. The van der Waals surface area contributed by atoms with Crippen LogP contribution < -0.4 is 5.32 Å². The van der Waals surface area contributed by atoms with Crippen molar-refractivity contribution < 1.29 is 4.79 Å². The first kappa shape index (κ1) is 18.6. The number of nitrogens with one attached hydrogen (secondary N) is 1. The molecule has 2 heterocycles. The minimum atomic E-state index is -2.06. The van der Waals surface area contributed by atoms with Crippen molar-refractivity contribution in [1.29, 1.82) is 0 Å². The molecule has 0 aliphatic heterocycles. The highest BCUT2D eigenvalue weighted by molar-refractivity contribution is 7.17. The monoisotopic (exact) mass is 415 g/mol. The van der Waals surface area contributed by atoms with Crippen LogP contribution in [0.25, 0.3) is 21.1 Å². The normalized spacial score (nSPS) is 13.3. The van der Waals surface area contributed by atoms with Gasteiger partial charge in [-0.2, -0.15) is 0 Å². The van der Waals surface area contributed by atoms with Gasteiger partial charge in [-0.25, -0.2) is 9.97 Å². The summed E-state index contributed by atoms with van der Waals surface area (Å²) in [7, 11) is 0. The predicted molar refractivity (Wildman–Crippen MR) is 107 cm³/mol. The number of fused-ring (bicyclic) bond motifs is 3. The molecule has 1 N–H and O–H groups in total. The maximum Gasteiger partial charge on any atom is 0.277 e. The number of benzene rings is 1. The van der Waals surface area contributed by atoms with Gasteiger partial charge in [0.25, 0.3) is 9.70 Å². The molecule has 0 aliphatic rings. The molecule has 0 aliphatic carbocycles. The molecular formula is C17H16Cl3N3OS. The lowest BCUT2D eigenvalue weighted by Crippen LogP contribution is -2.27. The van der Waals surface area contributed by atoms with Crippen LogP contribution in [-0.4, -0.2) is 19.7 Å². The van der Waals surface area contributed by atoms with Crippen LogP contribution in [-0.2, 0) is 4.79 Å². The molecule has 0 saturated carbocycles. The molecule has 1 aromatic carbocycles. The van der Waals surface area contributed by atoms with Crippen LogP contribution in [0.3, 0.4) is 0 Å². The van der Waals surface area contributed by atoms with Gasteiger partial charge in [0.1, 0.15) is 5.52 Å². The lowest BCUT2D eigenvalue weighted by atomic mass is 9.93. The molecule has 4 nitrogen and oxygen atoms in total. The summed E-state index contributed by atoms with van der Waals surface area (Å²) in [5.74, 6) is -0.0445. The van der Waals surface area contributed by atoms with Crippen LogP contribution in [0.1, 0.15) is 38.2 Å². The summed E-state index contributed by atoms with van der Waals surface area (Å²) in [5.41, 5.74) is 4.37. The van der Waals surface area contributed by atoms with Gasteiger partial charge in [-0.05, 0) is 24.0 Å². The number of amides is 1. The van der Waals surface area contributed by atoms with Crippen LogP contribution in [0.4, 0.5) is 5.82 Å². The van der Waals surface area contributed by atoms with Gasteiger partial charge in [-0.15, -0.1) is 11.3 Å². The third-order valence-electron chi connectivity index (χ3n) is 4.07. The number of nitrogens with zero attached hydrogens (tertiary/aromatic N) is 2. The minimum absolute atomic E-state index is 0.306. The van der Waals surface area contributed by atoms with Crippen molar-refractivity contribution in [3.63, 3.8) is 0 Å².